The van der Waals surface area contributed by atoms with E-state index in [9.17, 15) is 4.39 Å². The maximum Gasteiger partial charge on any atom is 0.191 e. The smallest absolute Gasteiger partial charge is 0.191 e. The number of hydrogen-bond donors (Lipinski definition) is 1. The molecule has 1 fully saturated rings. The zero-order valence-electron chi connectivity index (χ0n) is 19.2. The second-order valence-electron chi connectivity index (χ2n) is 8.27. The van der Waals surface area contributed by atoms with Crippen molar-refractivity contribution in [2.75, 3.05) is 43.9 Å². The maximum absolute atomic E-state index is 13.3. The van der Waals surface area contributed by atoms with Crippen LogP contribution < -0.4 is 5.32 Å². The summed E-state index contributed by atoms with van der Waals surface area (Å²) in [6.45, 7) is 5.06. The normalized spacial score (nSPS) is 14.5. The summed E-state index contributed by atoms with van der Waals surface area (Å²) in [5.41, 5.74) is 2.66. The number of rotatable bonds is 9. The molecule has 0 radical (unpaired) electrons. The predicted octanol–water partition coefficient (Wildman–Crippen LogP) is 5.03. The van der Waals surface area contributed by atoms with Gasteiger partial charge in [-0.3, -0.25) is 4.90 Å². The van der Waals surface area contributed by atoms with E-state index in [-0.39, 0.29) is 5.82 Å². The van der Waals surface area contributed by atoms with E-state index in [1.165, 1.54) is 12.1 Å². The van der Waals surface area contributed by atoms with Crippen molar-refractivity contribution in [2.24, 2.45) is 0 Å². The molecule has 1 saturated heterocycles. The Morgan fingerprint density at radius 2 is 1.89 bits per heavy atom. The quantitative estimate of drug-likeness (QED) is 0.249. The highest BCUT2D eigenvalue weighted by atomic mass is 35.5. The molecule has 0 saturated carbocycles. The molecule has 1 N–H and O–H groups in total. The fourth-order valence-corrected chi connectivity index (χ4v) is 4.97. The lowest BCUT2D eigenvalue weighted by Crippen LogP contribution is -2.37. The molecular weight excluding hydrogens is 487 g/mol. The standard InChI is InChI=1S/C25H26ClFN6OS/c26-19-2-1-3-21(16-19)29-23-22-17-28-33(9-8-18-4-6-20(27)7-5-18)24(22)31-25(30-23)35-15-12-32-10-13-34-14-11-32/h1-7,16-17H,8-15H2,(H,29,30,31). The van der Waals surface area contributed by atoms with Crippen LogP contribution in [-0.4, -0.2) is 63.2 Å². The number of halogens is 2. The molecule has 2 aromatic carbocycles. The molecule has 4 aromatic rings. The van der Waals surface area contributed by atoms with Gasteiger partial charge in [-0.25, -0.2) is 19.0 Å². The molecule has 0 atom stereocenters. The average molecular weight is 513 g/mol. The molecule has 182 valence electrons. The SMILES string of the molecule is Fc1ccc(CCn2ncc3c(Nc4cccc(Cl)c4)nc(SCCN4CCOCC4)nc32)cc1. The summed E-state index contributed by atoms with van der Waals surface area (Å²) < 4.78 is 20.6. The third-order valence-electron chi connectivity index (χ3n) is 5.83. The lowest BCUT2D eigenvalue weighted by molar-refractivity contribution is 0.0410. The molecule has 0 amide bonds. The zero-order valence-corrected chi connectivity index (χ0v) is 20.7. The molecule has 10 heteroatoms. The van der Waals surface area contributed by atoms with Crippen molar-refractivity contribution in [1.82, 2.24) is 24.6 Å². The molecule has 35 heavy (non-hydrogen) atoms. The van der Waals surface area contributed by atoms with Gasteiger partial charge in [0.25, 0.3) is 0 Å². The number of ether oxygens (including phenoxy) is 1. The van der Waals surface area contributed by atoms with Crippen LogP contribution in [0.25, 0.3) is 11.0 Å². The van der Waals surface area contributed by atoms with Gasteiger partial charge in [-0.15, -0.1) is 0 Å². The number of fused-ring (bicyclic) bond motifs is 1. The first-order valence-electron chi connectivity index (χ1n) is 11.6. The summed E-state index contributed by atoms with van der Waals surface area (Å²) in [5, 5.41) is 10.2. The van der Waals surface area contributed by atoms with Crippen LogP contribution in [0.1, 0.15) is 5.56 Å². The predicted molar refractivity (Wildman–Crippen MR) is 138 cm³/mol. The van der Waals surface area contributed by atoms with Crippen LogP contribution in [0.15, 0.2) is 59.9 Å². The molecule has 3 heterocycles. The summed E-state index contributed by atoms with van der Waals surface area (Å²) in [4.78, 5) is 12.1. The summed E-state index contributed by atoms with van der Waals surface area (Å²) in [5.74, 6) is 1.34. The lowest BCUT2D eigenvalue weighted by Gasteiger charge is -2.26. The first-order valence-corrected chi connectivity index (χ1v) is 12.9. The Hall–Kier alpha value is -2.72. The molecular formula is C25H26ClFN6OS. The number of aryl methyl sites for hydroxylation is 2. The van der Waals surface area contributed by atoms with Gasteiger partial charge in [-0.05, 0) is 42.3 Å². The van der Waals surface area contributed by atoms with E-state index in [4.69, 9.17) is 26.3 Å². The Morgan fingerprint density at radius 3 is 2.69 bits per heavy atom. The van der Waals surface area contributed by atoms with Crippen LogP contribution in [0.3, 0.4) is 0 Å². The second-order valence-corrected chi connectivity index (χ2v) is 9.77. The zero-order chi connectivity index (χ0) is 24.0. The highest BCUT2D eigenvalue weighted by Gasteiger charge is 2.15. The largest absolute Gasteiger partial charge is 0.379 e. The average Bonchev–Trinajstić information content (AvgIpc) is 3.28. The van der Waals surface area contributed by atoms with Gasteiger partial charge in [-0.1, -0.05) is 41.6 Å². The van der Waals surface area contributed by atoms with Crippen molar-refractivity contribution in [3.63, 3.8) is 0 Å². The van der Waals surface area contributed by atoms with Crippen molar-refractivity contribution >= 4 is 45.9 Å². The van der Waals surface area contributed by atoms with Gasteiger partial charge >= 0.3 is 0 Å². The molecule has 7 nitrogen and oxygen atoms in total. The molecule has 0 aliphatic carbocycles. The van der Waals surface area contributed by atoms with Crippen LogP contribution in [0.4, 0.5) is 15.9 Å². The number of anilines is 2. The highest BCUT2D eigenvalue weighted by molar-refractivity contribution is 7.99. The first kappa shape index (κ1) is 24.0. The summed E-state index contributed by atoms with van der Waals surface area (Å²) >= 11 is 7.82. The van der Waals surface area contributed by atoms with E-state index in [1.54, 1.807) is 30.1 Å². The van der Waals surface area contributed by atoms with Gasteiger partial charge in [-0.2, -0.15) is 5.10 Å². The van der Waals surface area contributed by atoms with Crippen molar-refractivity contribution in [1.29, 1.82) is 0 Å². The number of thioether (sulfide) groups is 1. The fraction of sp³-hybridized carbons (Fsp3) is 0.320. The van der Waals surface area contributed by atoms with Gasteiger partial charge in [0.1, 0.15) is 11.6 Å². The second kappa shape index (κ2) is 11.3. The Labute approximate surface area is 212 Å². The van der Waals surface area contributed by atoms with Gasteiger partial charge in [0.15, 0.2) is 10.8 Å². The summed E-state index contributed by atoms with van der Waals surface area (Å²) in [6, 6.07) is 14.1. The monoisotopic (exact) mass is 512 g/mol. The fourth-order valence-electron chi connectivity index (χ4n) is 3.94. The molecule has 1 aliphatic rings. The summed E-state index contributed by atoms with van der Waals surface area (Å²) in [7, 11) is 0. The number of benzene rings is 2. The molecule has 0 spiro atoms. The highest BCUT2D eigenvalue weighted by Crippen LogP contribution is 2.28. The van der Waals surface area contributed by atoms with E-state index < -0.39 is 0 Å². The van der Waals surface area contributed by atoms with Crippen molar-refractivity contribution < 1.29 is 9.13 Å². The maximum atomic E-state index is 13.3. The van der Waals surface area contributed by atoms with E-state index in [0.717, 1.165) is 67.3 Å². The molecule has 0 bridgehead atoms. The van der Waals surface area contributed by atoms with Crippen LogP contribution in [0, 0.1) is 5.82 Å². The van der Waals surface area contributed by atoms with Gasteiger partial charge < -0.3 is 10.1 Å². The number of morpholine rings is 1. The van der Waals surface area contributed by atoms with E-state index in [2.05, 4.69) is 15.3 Å². The van der Waals surface area contributed by atoms with E-state index in [0.29, 0.717) is 22.5 Å². The topological polar surface area (TPSA) is 68.1 Å². The van der Waals surface area contributed by atoms with Crippen LogP contribution in [0.2, 0.25) is 5.02 Å². The van der Waals surface area contributed by atoms with Gasteiger partial charge in [0.2, 0.25) is 0 Å². The number of nitrogens with zero attached hydrogens (tertiary/aromatic N) is 5. The molecule has 5 rings (SSSR count). The van der Waals surface area contributed by atoms with Crippen molar-refractivity contribution in [3.8, 4) is 0 Å². The first-order chi connectivity index (χ1) is 17.1. The van der Waals surface area contributed by atoms with Gasteiger partial charge in [0, 0.05) is 42.6 Å². The van der Waals surface area contributed by atoms with E-state index >= 15 is 0 Å². The minimum Gasteiger partial charge on any atom is -0.379 e. The minimum absolute atomic E-state index is 0.235. The van der Waals surface area contributed by atoms with Crippen LogP contribution >= 0.6 is 23.4 Å². The third kappa shape index (κ3) is 6.29. The third-order valence-corrected chi connectivity index (χ3v) is 6.89. The molecule has 2 aromatic heterocycles. The van der Waals surface area contributed by atoms with E-state index in [1.807, 2.05) is 28.9 Å². The van der Waals surface area contributed by atoms with Gasteiger partial charge in [0.05, 0.1) is 24.8 Å². The number of aromatic nitrogens is 4. The summed E-state index contributed by atoms with van der Waals surface area (Å²) in [6.07, 6.45) is 2.51. The Balaban J connectivity index is 1.38. The van der Waals surface area contributed by atoms with Crippen LogP contribution in [-0.2, 0) is 17.7 Å². The van der Waals surface area contributed by atoms with Crippen LogP contribution in [0.5, 0.6) is 0 Å². The molecule has 1 aliphatic heterocycles. The Bertz CT molecular complexity index is 1280. The van der Waals surface area contributed by atoms with Crippen molar-refractivity contribution in [3.05, 3.63) is 71.1 Å². The number of nitrogens with one attached hydrogen (secondary N) is 1. The molecule has 0 unspecified atom stereocenters. The Kier molecular flexibility index (Phi) is 7.78. The minimum atomic E-state index is -0.235. The lowest BCUT2D eigenvalue weighted by atomic mass is 10.1. The van der Waals surface area contributed by atoms with Crippen molar-refractivity contribution in [2.45, 2.75) is 18.1 Å². The Morgan fingerprint density at radius 1 is 1.06 bits per heavy atom. The number of hydrogen-bond acceptors (Lipinski definition) is 7.